The molecular formula is C27H23ClN6OS. The van der Waals surface area contributed by atoms with Crippen molar-refractivity contribution in [3.8, 4) is 23.0 Å². The van der Waals surface area contributed by atoms with Crippen LogP contribution in [0.1, 0.15) is 15.4 Å². The van der Waals surface area contributed by atoms with E-state index < -0.39 is 0 Å². The molecule has 0 aliphatic rings. The molecule has 0 amide bonds. The quantitative estimate of drug-likeness (QED) is 0.333. The SMILES string of the molecule is Cl.Cn1cc(-n2c(-c3cn(Cc4ccc(CN)s4)c4ccccc34)c(C#N)[nH]c2=O)c2ccccc21. The number of fused-ring (bicyclic) bond motifs is 2. The number of rotatable bonds is 5. The fourth-order valence-electron chi connectivity index (χ4n) is 4.85. The van der Waals surface area contributed by atoms with Gasteiger partial charge in [-0.2, -0.15) is 5.26 Å². The number of aromatic nitrogens is 4. The lowest BCUT2D eigenvalue weighted by Crippen LogP contribution is -2.15. The Bertz CT molecular complexity index is 1830. The zero-order valence-corrected chi connectivity index (χ0v) is 21.1. The molecule has 0 bridgehead atoms. The fraction of sp³-hybridized carbons (Fsp3) is 0.111. The van der Waals surface area contributed by atoms with Crippen LogP contribution in [0.25, 0.3) is 38.8 Å². The van der Waals surface area contributed by atoms with Crippen LogP contribution >= 0.6 is 23.7 Å². The number of para-hydroxylation sites is 2. The van der Waals surface area contributed by atoms with Gasteiger partial charge in [-0.25, -0.2) is 4.79 Å². The van der Waals surface area contributed by atoms with Crippen molar-refractivity contribution in [1.29, 1.82) is 5.26 Å². The van der Waals surface area contributed by atoms with Crippen LogP contribution in [-0.4, -0.2) is 18.7 Å². The number of thiophene rings is 1. The van der Waals surface area contributed by atoms with E-state index in [2.05, 4.69) is 33.8 Å². The molecule has 0 saturated heterocycles. The van der Waals surface area contributed by atoms with Crippen LogP contribution in [0.2, 0.25) is 0 Å². The number of halogens is 1. The van der Waals surface area contributed by atoms with Gasteiger partial charge in [-0.15, -0.1) is 23.7 Å². The van der Waals surface area contributed by atoms with Crippen molar-refractivity contribution in [1.82, 2.24) is 18.7 Å². The number of hydrogen-bond donors (Lipinski definition) is 2. The molecule has 3 N–H and O–H groups in total. The Morgan fingerprint density at radius 1 is 0.972 bits per heavy atom. The zero-order chi connectivity index (χ0) is 24.1. The predicted molar refractivity (Wildman–Crippen MR) is 147 cm³/mol. The Hall–Kier alpha value is -4.03. The molecule has 0 aliphatic carbocycles. The highest BCUT2D eigenvalue weighted by Crippen LogP contribution is 2.35. The van der Waals surface area contributed by atoms with Crippen molar-refractivity contribution in [2.45, 2.75) is 13.1 Å². The third kappa shape index (κ3) is 3.65. The highest BCUT2D eigenvalue weighted by Gasteiger charge is 2.23. The predicted octanol–water partition coefficient (Wildman–Crippen LogP) is 5.14. The second-order valence-electron chi connectivity index (χ2n) is 8.50. The molecular weight excluding hydrogens is 492 g/mol. The topological polar surface area (TPSA) is 97.5 Å². The lowest BCUT2D eigenvalue weighted by molar-refractivity contribution is 0.851. The maximum atomic E-state index is 13.2. The molecule has 0 atom stereocenters. The lowest BCUT2D eigenvalue weighted by atomic mass is 10.1. The zero-order valence-electron chi connectivity index (χ0n) is 19.4. The Balaban J connectivity index is 0.00000267. The molecule has 6 aromatic rings. The first-order valence-electron chi connectivity index (χ1n) is 11.2. The lowest BCUT2D eigenvalue weighted by Gasteiger charge is -2.06. The Morgan fingerprint density at radius 3 is 2.39 bits per heavy atom. The number of nitrogens with two attached hydrogens (primary N) is 1. The van der Waals surface area contributed by atoms with Crippen LogP contribution < -0.4 is 11.4 Å². The molecule has 0 spiro atoms. The van der Waals surface area contributed by atoms with Gasteiger partial charge in [0.15, 0.2) is 0 Å². The summed E-state index contributed by atoms with van der Waals surface area (Å²) >= 11 is 1.69. The smallest absolute Gasteiger partial charge is 0.331 e. The van der Waals surface area contributed by atoms with Gasteiger partial charge in [0.05, 0.1) is 17.9 Å². The molecule has 0 unspecified atom stereocenters. The van der Waals surface area contributed by atoms with E-state index in [0.29, 0.717) is 18.8 Å². The van der Waals surface area contributed by atoms with E-state index in [0.717, 1.165) is 37.9 Å². The number of nitrogens with one attached hydrogen (secondary N) is 1. The molecule has 4 aromatic heterocycles. The van der Waals surface area contributed by atoms with Gasteiger partial charge in [-0.1, -0.05) is 36.4 Å². The van der Waals surface area contributed by atoms with E-state index in [4.69, 9.17) is 5.73 Å². The number of nitrogens with zero attached hydrogens (tertiary/aromatic N) is 4. The summed E-state index contributed by atoms with van der Waals surface area (Å²) in [7, 11) is 1.96. The maximum absolute atomic E-state index is 13.2. The van der Waals surface area contributed by atoms with Crippen LogP contribution in [0, 0.1) is 11.3 Å². The second kappa shape index (κ2) is 9.21. The number of hydrogen-bond acceptors (Lipinski definition) is 4. The Kier molecular flexibility index (Phi) is 6.06. The summed E-state index contributed by atoms with van der Waals surface area (Å²) in [6.45, 7) is 1.20. The third-order valence-electron chi connectivity index (χ3n) is 6.41. The van der Waals surface area contributed by atoms with Crippen molar-refractivity contribution >= 4 is 45.5 Å². The Morgan fingerprint density at radius 2 is 1.67 bits per heavy atom. The summed E-state index contributed by atoms with van der Waals surface area (Å²) in [6.07, 6.45) is 3.97. The van der Waals surface area contributed by atoms with Crippen molar-refractivity contribution in [2.24, 2.45) is 12.8 Å². The molecule has 4 heterocycles. The van der Waals surface area contributed by atoms with E-state index in [-0.39, 0.29) is 23.8 Å². The number of aryl methyl sites for hydroxylation is 1. The largest absolute Gasteiger partial charge is 0.348 e. The van der Waals surface area contributed by atoms with Crippen LogP contribution in [0.5, 0.6) is 0 Å². The standard InChI is InChI=1S/C27H22N6OS.ClH/c1-31-16-25(20-7-3-4-8-23(20)31)33-26(22(13-29)30-27(33)34)21-15-32(24-9-5-2-6-19(21)24)14-18-11-10-17(12-28)35-18;/h2-11,15-16H,12,14,28H2,1H3,(H,30,34);1H. The highest BCUT2D eigenvalue weighted by atomic mass is 35.5. The molecule has 0 saturated carbocycles. The fourth-order valence-corrected chi connectivity index (χ4v) is 5.75. The van der Waals surface area contributed by atoms with Gasteiger partial charge < -0.3 is 14.9 Å². The van der Waals surface area contributed by atoms with Gasteiger partial charge in [-0.3, -0.25) is 9.55 Å². The van der Waals surface area contributed by atoms with E-state index in [1.54, 1.807) is 15.9 Å². The first kappa shape index (κ1) is 23.7. The highest BCUT2D eigenvalue weighted by molar-refractivity contribution is 7.11. The first-order chi connectivity index (χ1) is 17.1. The number of imidazole rings is 1. The van der Waals surface area contributed by atoms with Gasteiger partial charge in [0.25, 0.3) is 0 Å². The normalized spacial score (nSPS) is 11.1. The van der Waals surface area contributed by atoms with Crippen molar-refractivity contribution < 1.29 is 0 Å². The molecule has 6 rings (SSSR count). The first-order valence-corrected chi connectivity index (χ1v) is 12.1. The van der Waals surface area contributed by atoms with E-state index in [1.165, 1.54) is 4.88 Å². The van der Waals surface area contributed by atoms with Gasteiger partial charge >= 0.3 is 5.69 Å². The minimum absolute atomic E-state index is 0. The average Bonchev–Trinajstić information content (AvgIpc) is 3.64. The molecule has 36 heavy (non-hydrogen) atoms. The van der Waals surface area contributed by atoms with E-state index >= 15 is 0 Å². The summed E-state index contributed by atoms with van der Waals surface area (Å²) in [5.74, 6) is 0. The molecule has 180 valence electrons. The van der Waals surface area contributed by atoms with Crippen molar-refractivity contribution in [3.05, 3.63) is 99.0 Å². The Labute approximate surface area is 217 Å². The van der Waals surface area contributed by atoms with Crippen molar-refractivity contribution in [3.63, 3.8) is 0 Å². The van der Waals surface area contributed by atoms with Crippen LogP contribution in [-0.2, 0) is 20.1 Å². The number of H-pyrrole nitrogens is 1. The summed E-state index contributed by atoms with van der Waals surface area (Å²) in [5.41, 5.74) is 9.90. The second-order valence-corrected chi connectivity index (χ2v) is 9.76. The van der Waals surface area contributed by atoms with Gasteiger partial charge in [-0.05, 0) is 24.3 Å². The van der Waals surface area contributed by atoms with Crippen LogP contribution in [0.3, 0.4) is 0 Å². The minimum Gasteiger partial charge on any atom is -0.348 e. The molecule has 7 nitrogen and oxygen atoms in total. The maximum Gasteiger partial charge on any atom is 0.331 e. The number of nitriles is 1. The minimum atomic E-state index is -0.337. The van der Waals surface area contributed by atoms with Crippen LogP contribution in [0.15, 0.2) is 77.9 Å². The van der Waals surface area contributed by atoms with Gasteiger partial charge in [0.2, 0.25) is 0 Å². The number of aromatic amines is 1. The summed E-state index contributed by atoms with van der Waals surface area (Å²) in [4.78, 5) is 18.4. The number of benzene rings is 2. The monoisotopic (exact) mass is 514 g/mol. The molecule has 2 aromatic carbocycles. The van der Waals surface area contributed by atoms with E-state index in [9.17, 15) is 10.1 Å². The van der Waals surface area contributed by atoms with E-state index in [1.807, 2.05) is 66.5 Å². The molecule has 0 radical (unpaired) electrons. The molecule has 0 aliphatic heterocycles. The third-order valence-corrected chi connectivity index (χ3v) is 7.50. The average molecular weight is 515 g/mol. The van der Waals surface area contributed by atoms with Crippen LogP contribution in [0.4, 0.5) is 0 Å². The molecule has 9 heteroatoms. The van der Waals surface area contributed by atoms with Gasteiger partial charge in [0.1, 0.15) is 11.8 Å². The van der Waals surface area contributed by atoms with Gasteiger partial charge in [0, 0.05) is 63.1 Å². The summed E-state index contributed by atoms with van der Waals surface area (Å²) in [6, 6.07) is 22.4. The molecule has 0 fully saturated rings. The summed E-state index contributed by atoms with van der Waals surface area (Å²) < 4.78 is 5.79. The van der Waals surface area contributed by atoms with Crippen molar-refractivity contribution in [2.75, 3.05) is 0 Å². The summed E-state index contributed by atoms with van der Waals surface area (Å²) in [5, 5.41) is 11.9.